The predicted molar refractivity (Wildman–Crippen MR) is 76.7 cm³/mol. The van der Waals surface area contributed by atoms with Gasteiger partial charge in [0.05, 0.1) is 0 Å². The second-order valence-corrected chi connectivity index (χ2v) is 5.47. The molecular weight excluding hydrogens is 329 g/mol. The Kier molecular flexibility index (Phi) is 3.86. The number of benzene rings is 1. The van der Waals surface area contributed by atoms with E-state index in [1.165, 1.54) is 17.0 Å². The Hall–Kier alpha value is -2.71. The highest BCUT2D eigenvalue weighted by atomic mass is 19.4. The number of nitrogens with zero attached hydrogens (tertiary/aromatic N) is 1. The van der Waals surface area contributed by atoms with Gasteiger partial charge in [-0.1, -0.05) is 0 Å². The monoisotopic (exact) mass is 342 g/mol. The first-order valence-electron chi connectivity index (χ1n) is 7.17. The van der Waals surface area contributed by atoms with Crippen LogP contribution in [0.1, 0.15) is 23.3 Å². The number of alkyl halides is 3. The average Bonchev–Trinajstić information content (AvgIpc) is 3.10. The average molecular weight is 342 g/mol. The smallest absolute Gasteiger partial charge is 0.480 e. The van der Waals surface area contributed by atoms with Gasteiger partial charge in [-0.05, 0) is 31.0 Å². The number of carbonyl (C=O) groups excluding carboxylic acids is 1. The lowest BCUT2D eigenvalue weighted by Crippen LogP contribution is -2.40. The minimum atomic E-state index is -4.80. The van der Waals surface area contributed by atoms with Crippen LogP contribution in [0.15, 0.2) is 24.3 Å². The summed E-state index contributed by atoms with van der Waals surface area (Å²) in [6.07, 6.45) is -3.83. The molecule has 1 atom stereocenters. The highest BCUT2D eigenvalue weighted by molar-refractivity contribution is 6.00. The number of rotatable bonds is 3. The third-order valence-corrected chi connectivity index (χ3v) is 3.86. The zero-order chi connectivity index (χ0) is 17.5. The van der Waals surface area contributed by atoms with E-state index in [9.17, 15) is 22.8 Å². The molecule has 128 valence electrons. The van der Waals surface area contributed by atoms with Gasteiger partial charge in [0, 0.05) is 23.5 Å². The largest absolute Gasteiger partial charge is 0.573 e. The molecule has 2 heterocycles. The van der Waals surface area contributed by atoms with Crippen molar-refractivity contribution >= 4 is 22.8 Å². The lowest BCUT2D eigenvalue weighted by Gasteiger charge is -2.20. The Morgan fingerprint density at radius 2 is 2.04 bits per heavy atom. The number of likely N-dealkylation sites (tertiary alicyclic amines) is 1. The van der Waals surface area contributed by atoms with E-state index in [0.29, 0.717) is 30.3 Å². The van der Waals surface area contributed by atoms with Crippen molar-refractivity contribution in [3.8, 4) is 5.75 Å². The van der Waals surface area contributed by atoms with E-state index < -0.39 is 30.0 Å². The summed E-state index contributed by atoms with van der Waals surface area (Å²) in [5, 5.41) is 9.66. The molecule has 6 nitrogen and oxygen atoms in total. The van der Waals surface area contributed by atoms with Crippen LogP contribution in [0.25, 0.3) is 10.9 Å². The maximum Gasteiger partial charge on any atom is 0.573 e. The molecule has 0 aliphatic carbocycles. The number of fused-ring (bicyclic) bond motifs is 1. The van der Waals surface area contributed by atoms with Crippen LogP contribution in [0.4, 0.5) is 13.2 Å². The predicted octanol–water partition coefficient (Wildman–Crippen LogP) is 2.76. The maximum absolute atomic E-state index is 12.5. The molecule has 0 radical (unpaired) electrons. The van der Waals surface area contributed by atoms with Gasteiger partial charge in [0.2, 0.25) is 0 Å². The van der Waals surface area contributed by atoms with Crippen LogP contribution in [0.2, 0.25) is 0 Å². The number of H-pyrrole nitrogens is 1. The van der Waals surface area contributed by atoms with Crippen LogP contribution in [0.5, 0.6) is 5.75 Å². The molecule has 1 fully saturated rings. The van der Waals surface area contributed by atoms with Gasteiger partial charge in [0.1, 0.15) is 17.5 Å². The van der Waals surface area contributed by atoms with Gasteiger partial charge >= 0.3 is 12.3 Å². The molecule has 0 bridgehead atoms. The van der Waals surface area contributed by atoms with Crippen molar-refractivity contribution in [2.75, 3.05) is 6.54 Å². The fraction of sp³-hybridized carbons (Fsp3) is 0.333. The van der Waals surface area contributed by atoms with E-state index in [0.717, 1.165) is 12.1 Å². The number of aromatic amines is 1. The Morgan fingerprint density at radius 3 is 2.71 bits per heavy atom. The number of halogens is 3. The molecule has 1 amide bonds. The van der Waals surface area contributed by atoms with E-state index in [1.54, 1.807) is 0 Å². The molecule has 0 saturated carbocycles. The van der Waals surface area contributed by atoms with Crippen LogP contribution >= 0.6 is 0 Å². The summed E-state index contributed by atoms with van der Waals surface area (Å²) in [6.45, 7) is 0.327. The quantitative estimate of drug-likeness (QED) is 0.898. The van der Waals surface area contributed by atoms with Gasteiger partial charge in [-0.3, -0.25) is 4.79 Å². The zero-order valence-corrected chi connectivity index (χ0v) is 12.3. The molecular formula is C15H13F3N2O4. The van der Waals surface area contributed by atoms with E-state index in [4.69, 9.17) is 5.11 Å². The number of carboxylic acid groups (broad SMARTS) is 1. The van der Waals surface area contributed by atoms with Gasteiger partial charge in [0.25, 0.3) is 5.91 Å². The Balaban J connectivity index is 1.87. The first kappa shape index (κ1) is 16.2. The minimum absolute atomic E-state index is 0.127. The van der Waals surface area contributed by atoms with E-state index in [1.807, 2.05) is 0 Å². The first-order chi connectivity index (χ1) is 11.2. The highest BCUT2D eigenvalue weighted by Crippen LogP contribution is 2.28. The summed E-state index contributed by atoms with van der Waals surface area (Å²) in [5.41, 5.74) is 0.425. The van der Waals surface area contributed by atoms with Crippen molar-refractivity contribution in [1.29, 1.82) is 0 Å². The lowest BCUT2D eigenvalue weighted by atomic mass is 10.2. The molecule has 0 spiro atoms. The van der Waals surface area contributed by atoms with Gasteiger partial charge in [-0.15, -0.1) is 13.2 Å². The maximum atomic E-state index is 12.5. The van der Waals surface area contributed by atoms with Crippen LogP contribution in [-0.2, 0) is 4.79 Å². The standard InChI is InChI=1S/C15H13F3N2O4/c16-15(17,18)24-9-4-3-8-6-11(19-10(8)7-9)13(21)20-5-1-2-12(20)14(22)23/h3-4,6-7,12,19H,1-2,5H2,(H,22,23). The van der Waals surface area contributed by atoms with Crippen molar-refractivity contribution in [3.05, 3.63) is 30.0 Å². The third kappa shape index (κ3) is 3.15. The van der Waals surface area contributed by atoms with Gasteiger partial charge in [0.15, 0.2) is 0 Å². The van der Waals surface area contributed by atoms with Gasteiger partial charge < -0.3 is 19.7 Å². The molecule has 9 heteroatoms. The molecule has 1 aliphatic heterocycles. The third-order valence-electron chi connectivity index (χ3n) is 3.86. The van der Waals surface area contributed by atoms with E-state index in [2.05, 4.69) is 9.72 Å². The number of nitrogens with one attached hydrogen (secondary N) is 1. The molecule has 2 N–H and O–H groups in total. The number of ether oxygens (including phenoxy) is 1. The van der Waals surface area contributed by atoms with Crippen molar-refractivity contribution in [2.45, 2.75) is 25.2 Å². The minimum Gasteiger partial charge on any atom is -0.480 e. The van der Waals surface area contributed by atoms with Gasteiger partial charge in [-0.25, -0.2) is 4.79 Å². The number of aromatic nitrogens is 1. The number of hydrogen-bond acceptors (Lipinski definition) is 3. The summed E-state index contributed by atoms with van der Waals surface area (Å²) in [7, 11) is 0. The molecule has 1 unspecified atom stereocenters. The highest BCUT2D eigenvalue weighted by Gasteiger charge is 2.35. The Bertz CT molecular complexity index is 800. The summed E-state index contributed by atoms with van der Waals surface area (Å²) in [5.74, 6) is -1.97. The van der Waals surface area contributed by atoms with Gasteiger partial charge in [-0.2, -0.15) is 0 Å². The number of aliphatic carboxylic acids is 1. The molecule has 1 aromatic carbocycles. The number of hydrogen-bond donors (Lipinski definition) is 2. The summed E-state index contributed by atoms with van der Waals surface area (Å²) >= 11 is 0. The van der Waals surface area contributed by atoms with Crippen LogP contribution in [-0.4, -0.2) is 45.8 Å². The fourth-order valence-electron chi connectivity index (χ4n) is 2.84. The Morgan fingerprint density at radius 1 is 1.29 bits per heavy atom. The van der Waals surface area contributed by atoms with Crippen molar-refractivity contribution in [2.24, 2.45) is 0 Å². The van der Waals surface area contributed by atoms with Crippen molar-refractivity contribution < 1.29 is 32.6 Å². The van der Waals surface area contributed by atoms with Crippen molar-refractivity contribution in [1.82, 2.24) is 9.88 Å². The topological polar surface area (TPSA) is 82.6 Å². The molecule has 1 aliphatic rings. The lowest BCUT2D eigenvalue weighted by molar-refractivity contribution is -0.274. The second kappa shape index (κ2) is 5.73. The summed E-state index contributed by atoms with van der Waals surface area (Å²) in [6, 6.07) is 4.27. The molecule has 3 rings (SSSR count). The summed E-state index contributed by atoms with van der Waals surface area (Å²) in [4.78, 5) is 27.6. The fourth-order valence-corrected chi connectivity index (χ4v) is 2.84. The zero-order valence-electron chi connectivity index (χ0n) is 12.3. The second-order valence-electron chi connectivity index (χ2n) is 5.47. The molecule has 2 aromatic rings. The van der Waals surface area contributed by atoms with E-state index in [-0.39, 0.29) is 5.69 Å². The molecule has 24 heavy (non-hydrogen) atoms. The number of carbonyl (C=O) groups is 2. The van der Waals surface area contributed by atoms with Crippen LogP contribution < -0.4 is 4.74 Å². The van der Waals surface area contributed by atoms with Crippen molar-refractivity contribution in [3.63, 3.8) is 0 Å². The molecule has 1 aromatic heterocycles. The van der Waals surface area contributed by atoms with Crippen LogP contribution in [0, 0.1) is 0 Å². The number of amides is 1. The first-order valence-corrected chi connectivity index (χ1v) is 7.17. The van der Waals surface area contributed by atoms with Crippen LogP contribution in [0.3, 0.4) is 0 Å². The normalized spacial score (nSPS) is 18.1. The SMILES string of the molecule is O=C(O)C1CCCN1C(=O)c1cc2ccc(OC(F)(F)F)cc2[nH]1. The Labute approximate surface area is 133 Å². The van der Waals surface area contributed by atoms with E-state index >= 15 is 0 Å². The number of carboxylic acids is 1. The molecule has 1 saturated heterocycles. The summed E-state index contributed by atoms with van der Waals surface area (Å²) < 4.78 is 40.6.